The van der Waals surface area contributed by atoms with Crippen molar-refractivity contribution in [1.82, 2.24) is 20.2 Å². The van der Waals surface area contributed by atoms with Gasteiger partial charge in [0.25, 0.3) is 5.56 Å². The van der Waals surface area contributed by atoms with Crippen LogP contribution in [0.4, 0.5) is 9.18 Å². The van der Waals surface area contributed by atoms with Crippen LogP contribution in [0.3, 0.4) is 0 Å². The monoisotopic (exact) mass is 468 g/mol. The molecule has 0 saturated heterocycles. The quantitative estimate of drug-likeness (QED) is 0.435. The lowest BCUT2D eigenvalue weighted by Gasteiger charge is -2.17. The number of para-hydroxylation sites is 1. The Morgan fingerprint density at radius 3 is 2.64 bits per heavy atom. The van der Waals surface area contributed by atoms with E-state index in [4.69, 9.17) is 0 Å². The molecule has 0 aliphatic heterocycles. The van der Waals surface area contributed by atoms with E-state index >= 15 is 0 Å². The minimum absolute atomic E-state index is 0.0875. The summed E-state index contributed by atoms with van der Waals surface area (Å²) in [5.74, 6) is -0.947. The number of rotatable bonds is 5. The number of carbonyl (C=O) groups is 2. The normalized spacial score (nSPS) is 14.9. The lowest BCUT2D eigenvalue weighted by Crippen LogP contribution is -2.46. The topological polar surface area (TPSA) is 93.1 Å². The molecule has 1 fully saturated rings. The highest BCUT2D eigenvalue weighted by atomic mass is 32.2. The maximum atomic E-state index is 14.3. The highest BCUT2D eigenvalue weighted by Gasteiger charge is 2.23. The molecule has 1 unspecified atom stereocenters. The molecule has 1 saturated carbocycles. The molecule has 1 aromatic heterocycles. The second-order valence-corrected chi connectivity index (χ2v) is 9.50. The molecule has 0 bridgehead atoms. The van der Waals surface area contributed by atoms with Crippen molar-refractivity contribution in [3.8, 4) is 5.69 Å². The molecule has 3 aromatic rings. The summed E-state index contributed by atoms with van der Waals surface area (Å²) in [5.41, 5.74) is 0.879. The average molecular weight is 469 g/mol. The number of hydrogen-bond donors (Lipinski definition) is 2. The smallest absolute Gasteiger partial charge is 0.321 e. The molecule has 2 N–H and O–H groups in total. The number of aryl methyl sites for hydroxylation is 1. The van der Waals surface area contributed by atoms with Crippen molar-refractivity contribution in [3.63, 3.8) is 0 Å². The summed E-state index contributed by atoms with van der Waals surface area (Å²) in [6.45, 7) is 3.27. The minimum atomic E-state index is -0.728. The summed E-state index contributed by atoms with van der Waals surface area (Å²) < 4.78 is 15.6. The Labute approximate surface area is 194 Å². The van der Waals surface area contributed by atoms with Crippen molar-refractivity contribution < 1.29 is 14.0 Å². The number of nitrogens with zero attached hydrogens (tertiary/aromatic N) is 2. The molecule has 0 radical (unpaired) electrons. The van der Waals surface area contributed by atoms with E-state index in [1.165, 1.54) is 10.6 Å². The standard InChI is InChI=1S/C24H25FN4O3S/c1-14-11-12-17(13-19(14)25)29-22(31)18-9-5-6-10-20(18)27-24(29)33-15(2)21(30)28-23(32)26-16-7-3-4-8-16/h5-6,9-13,15-16H,3-4,7-8H2,1-2H3,(H2,26,28,30,32). The van der Waals surface area contributed by atoms with Crippen LogP contribution in [-0.2, 0) is 4.79 Å². The van der Waals surface area contributed by atoms with Crippen LogP contribution >= 0.6 is 11.8 Å². The molecule has 1 atom stereocenters. The number of urea groups is 1. The number of imide groups is 1. The SMILES string of the molecule is Cc1ccc(-n2c(SC(C)C(=O)NC(=O)NC3CCCC3)nc3ccccc3c2=O)cc1F. The summed E-state index contributed by atoms with van der Waals surface area (Å²) >= 11 is 1.03. The fourth-order valence-corrected chi connectivity index (χ4v) is 4.78. The van der Waals surface area contributed by atoms with Crippen LogP contribution in [-0.4, -0.2) is 32.8 Å². The van der Waals surface area contributed by atoms with Crippen LogP contribution in [0.5, 0.6) is 0 Å². The third kappa shape index (κ3) is 5.08. The number of fused-ring (bicyclic) bond motifs is 1. The van der Waals surface area contributed by atoms with Gasteiger partial charge in [0, 0.05) is 6.04 Å². The van der Waals surface area contributed by atoms with Crippen LogP contribution < -0.4 is 16.2 Å². The molecule has 0 spiro atoms. The van der Waals surface area contributed by atoms with E-state index in [0.29, 0.717) is 22.2 Å². The predicted molar refractivity (Wildman–Crippen MR) is 126 cm³/mol. The van der Waals surface area contributed by atoms with E-state index in [0.717, 1.165) is 37.4 Å². The summed E-state index contributed by atoms with van der Waals surface area (Å²) in [6.07, 6.45) is 3.95. The molecular weight excluding hydrogens is 443 g/mol. The molecule has 7 nitrogen and oxygen atoms in total. The van der Waals surface area contributed by atoms with E-state index < -0.39 is 23.0 Å². The summed E-state index contributed by atoms with van der Waals surface area (Å²) in [4.78, 5) is 42.7. The fraction of sp³-hybridized carbons (Fsp3) is 0.333. The van der Waals surface area contributed by atoms with E-state index in [9.17, 15) is 18.8 Å². The Kier molecular flexibility index (Phi) is 6.78. The summed E-state index contributed by atoms with van der Waals surface area (Å²) in [5, 5.41) is 5.08. The van der Waals surface area contributed by atoms with Crippen molar-refractivity contribution in [2.45, 2.75) is 56.0 Å². The van der Waals surface area contributed by atoms with Crippen molar-refractivity contribution in [1.29, 1.82) is 0 Å². The molecule has 1 aliphatic carbocycles. The first-order valence-electron chi connectivity index (χ1n) is 10.9. The van der Waals surface area contributed by atoms with E-state index in [2.05, 4.69) is 15.6 Å². The van der Waals surface area contributed by atoms with E-state index in [1.54, 1.807) is 50.2 Å². The van der Waals surface area contributed by atoms with Crippen molar-refractivity contribution in [3.05, 3.63) is 64.2 Å². The maximum absolute atomic E-state index is 14.3. The van der Waals surface area contributed by atoms with Gasteiger partial charge in [-0.25, -0.2) is 14.2 Å². The highest BCUT2D eigenvalue weighted by Crippen LogP contribution is 2.26. The van der Waals surface area contributed by atoms with Crippen molar-refractivity contribution in [2.24, 2.45) is 0 Å². The zero-order valence-corrected chi connectivity index (χ0v) is 19.2. The first-order chi connectivity index (χ1) is 15.8. The van der Waals surface area contributed by atoms with E-state index in [-0.39, 0.29) is 16.8 Å². The fourth-order valence-electron chi connectivity index (χ4n) is 3.86. The molecule has 9 heteroatoms. The Balaban J connectivity index is 1.63. The van der Waals surface area contributed by atoms with Gasteiger partial charge in [-0.3, -0.25) is 19.5 Å². The molecule has 4 rings (SSSR count). The second kappa shape index (κ2) is 9.74. The number of carbonyl (C=O) groups excluding carboxylic acids is 2. The lowest BCUT2D eigenvalue weighted by molar-refractivity contribution is -0.119. The molecule has 1 heterocycles. The lowest BCUT2D eigenvalue weighted by atomic mass is 10.2. The van der Waals surface area contributed by atoms with Gasteiger partial charge in [-0.05, 0) is 56.5 Å². The Morgan fingerprint density at radius 1 is 1.18 bits per heavy atom. The van der Waals surface area contributed by atoms with Gasteiger partial charge >= 0.3 is 6.03 Å². The van der Waals surface area contributed by atoms with Crippen molar-refractivity contribution in [2.75, 3.05) is 0 Å². The largest absolute Gasteiger partial charge is 0.335 e. The Bertz CT molecular complexity index is 1270. The van der Waals surface area contributed by atoms with Crippen LogP contribution in [0.25, 0.3) is 16.6 Å². The number of halogens is 1. The number of benzene rings is 2. The van der Waals surface area contributed by atoms with Crippen LogP contribution in [0.15, 0.2) is 52.4 Å². The average Bonchev–Trinajstić information content (AvgIpc) is 3.29. The second-order valence-electron chi connectivity index (χ2n) is 8.19. The number of thioether (sulfide) groups is 1. The van der Waals surface area contributed by atoms with Gasteiger partial charge in [0.2, 0.25) is 5.91 Å². The third-order valence-corrected chi connectivity index (χ3v) is 6.79. The number of hydrogen-bond acceptors (Lipinski definition) is 5. The number of nitrogens with one attached hydrogen (secondary N) is 2. The Hall–Kier alpha value is -3.20. The van der Waals surface area contributed by atoms with Crippen LogP contribution in [0, 0.1) is 12.7 Å². The molecule has 2 aromatic carbocycles. The molecule has 1 aliphatic rings. The predicted octanol–water partition coefficient (Wildman–Crippen LogP) is 4.08. The zero-order chi connectivity index (χ0) is 23.5. The maximum Gasteiger partial charge on any atom is 0.321 e. The van der Waals surface area contributed by atoms with Crippen molar-refractivity contribution >= 4 is 34.6 Å². The number of amides is 3. The minimum Gasteiger partial charge on any atom is -0.335 e. The molecule has 172 valence electrons. The molecule has 3 amide bonds. The summed E-state index contributed by atoms with van der Waals surface area (Å²) in [7, 11) is 0. The summed E-state index contributed by atoms with van der Waals surface area (Å²) in [6, 6.07) is 10.9. The number of aromatic nitrogens is 2. The van der Waals surface area contributed by atoms with Gasteiger partial charge in [-0.15, -0.1) is 0 Å². The van der Waals surface area contributed by atoms with Gasteiger partial charge in [0.05, 0.1) is 21.8 Å². The first-order valence-corrected chi connectivity index (χ1v) is 11.8. The van der Waals surface area contributed by atoms with Gasteiger partial charge in [0.1, 0.15) is 5.82 Å². The van der Waals surface area contributed by atoms with Crippen LogP contribution in [0.1, 0.15) is 38.2 Å². The van der Waals surface area contributed by atoms with Gasteiger partial charge < -0.3 is 5.32 Å². The van der Waals surface area contributed by atoms with Gasteiger partial charge in [0.15, 0.2) is 5.16 Å². The van der Waals surface area contributed by atoms with Gasteiger partial charge in [-0.1, -0.05) is 42.8 Å². The zero-order valence-electron chi connectivity index (χ0n) is 18.4. The molecular formula is C24H25FN4O3S. The van der Waals surface area contributed by atoms with Crippen LogP contribution in [0.2, 0.25) is 0 Å². The van der Waals surface area contributed by atoms with Gasteiger partial charge in [-0.2, -0.15) is 0 Å². The molecule has 33 heavy (non-hydrogen) atoms. The third-order valence-electron chi connectivity index (χ3n) is 5.74. The first kappa shape index (κ1) is 23.0. The highest BCUT2D eigenvalue weighted by molar-refractivity contribution is 8.00. The van der Waals surface area contributed by atoms with E-state index in [1.807, 2.05) is 0 Å². The Morgan fingerprint density at radius 2 is 1.91 bits per heavy atom.